The summed E-state index contributed by atoms with van der Waals surface area (Å²) in [5.41, 5.74) is 1.18. The van der Waals surface area contributed by atoms with Crippen LogP contribution >= 0.6 is 0 Å². The molecule has 5 rings (SSSR count). The van der Waals surface area contributed by atoms with Gasteiger partial charge in [0.05, 0.1) is 12.8 Å². The Morgan fingerprint density at radius 2 is 1.58 bits per heavy atom. The first-order valence-electron chi connectivity index (χ1n) is 7.73. The van der Waals surface area contributed by atoms with E-state index in [-0.39, 0.29) is 0 Å². The molecule has 0 aliphatic heterocycles. The van der Waals surface area contributed by atoms with E-state index in [9.17, 15) is 0 Å². The molecule has 0 atom stereocenters. The van der Waals surface area contributed by atoms with E-state index < -0.39 is 0 Å². The number of benzene rings is 1. The Morgan fingerprint density at radius 3 is 2.21 bits per heavy atom. The normalized spacial score (nSPS) is 39.3. The van der Waals surface area contributed by atoms with E-state index in [1.807, 2.05) is 6.07 Å². The minimum atomic E-state index is 0.684. The van der Waals surface area contributed by atoms with Crippen LogP contribution in [0.15, 0.2) is 24.3 Å². The fraction of sp³-hybridized carbons (Fsp3) is 0.647. The van der Waals surface area contributed by atoms with Crippen molar-refractivity contribution in [1.82, 2.24) is 0 Å². The molecular weight excluding hydrogens is 234 g/mol. The van der Waals surface area contributed by atoms with Crippen molar-refractivity contribution in [3.8, 4) is 5.75 Å². The molecule has 0 saturated heterocycles. The van der Waals surface area contributed by atoms with Crippen LogP contribution < -0.4 is 10.1 Å². The minimum Gasteiger partial charge on any atom is -0.495 e. The molecule has 2 heteroatoms. The standard InChI is InChI=1S/C17H23NO/c1-19-16-5-3-2-4-15(16)18-17-13-7-11-6-12(9-13)10-14(17)8-11/h2-5,11-14,17-18H,6-10H2,1H3. The second-order valence-electron chi connectivity index (χ2n) is 6.80. The Morgan fingerprint density at radius 1 is 0.947 bits per heavy atom. The lowest BCUT2D eigenvalue weighted by molar-refractivity contribution is 0.00748. The van der Waals surface area contributed by atoms with Gasteiger partial charge in [0.25, 0.3) is 0 Å². The van der Waals surface area contributed by atoms with Crippen molar-refractivity contribution in [3.05, 3.63) is 24.3 Å². The zero-order chi connectivity index (χ0) is 12.8. The zero-order valence-electron chi connectivity index (χ0n) is 11.6. The second-order valence-corrected chi connectivity index (χ2v) is 6.80. The van der Waals surface area contributed by atoms with Crippen molar-refractivity contribution in [3.63, 3.8) is 0 Å². The smallest absolute Gasteiger partial charge is 0.141 e. The van der Waals surface area contributed by atoms with E-state index in [2.05, 4.69) is 23.5 Å². The molecule has 19 heavy (non-hydrogen) atoms. The summed E-state index contributed by atoms with van der Waals surface area (Å²) in [5.74, 6) is 4.87. The lowest BCUT2D eigenvalue weighted by Crippen LogP contribution is -2.51. The predicted octanol–water partition coefficient (Wildman–Crippen LogP) is 3.93. The number of nitrogens with one attached hydrogen (secondary N) is 1. The molecule has 0 heterocycles. The molecule has 1 aromatic carbocycles. The third-order valence-electron chi connectivity index (χ3n) is 5.66. The van der Waals surface area contributed by atoms with Gasteiger partial charge in [-0.05, 0) is 67.9 Å². The summed E-state index contributed by atoms with van der Waals surface area (Å²) >= 11 is 0. The first-order chi connectivity index (χ1) is 9.33. The Bertz CT molecular complexity index is 442. The highest BCUT2D eigenvalue weighted by Gasteiger charge is 2.48. The number of hydrogen-bond donors (Lipinski definition) is 1. The highest BCUT2D eigenvalue weighted by molar-refractivity contribution is 5.57. The minimum absolute atomic E-state index is 0.684. The molecule has 4 bridgehead atoms. The van der Waals surface area contributed by atoms with Gasteiger partial charge in [-0.25, -0.2) is 0 Å². The molecule has 1 aromatic rings. The van der Waals surface area contributed by atoms with Gasteiger partial charge in [0, 0.05) is 6.04 Å². The molecule has 4 aliphatic carbocycles. The van der Waals surface area contributed by atoms with Crippen LogP contribution in [0.1, 0.15) is 32.1 Å². The van der Waals surface area contributed by atoms with E-state index in [1.54, 1.807) is 7.11 Å². The van der Waals surface area contributed by atoms with E-state index in [4.69, 9.17) is 4.74 Å². The summed E-state index contributed by atoms with van der Waals surface area (Å²) in [6, 6.07) is 9.04. The molecule has 4 aliphatic rings. The van der Waals surface area contributed by atoms with Crippen LogP contribution in [-0.2, 0) is 0 Å². The van der Waals surface area contributed by atoms with Crippen LogP contribution in [0.4, 0.5) is 5.69 Å². The molecule has 4 fully saturated rings. The highest BCUT2D eigenvalue weighted by atomic mass is 16.5. The Balaban J connectivity index is 1.57. The van der Waals surface area contributed by atoms with Crippen molar-refractivity contribution < 1.29 is 4.74 Å². The molecule has 0 unspecified atom stereocenters. The SMILES string of the molecule is COc1ccccc1NC1C2CC3CC(C2)CC1C3. The molecule has 0 spiro atoms. The van der Waals surface area contributed by atoms with Gasteiger partial charge < -0.3 is 10.1 Å². The van der Waals surface area contributed by atoms with Crippen LogP contribution in [-0.4, -0.2) is 13.2 Å². The van der Waals surface area contributed by atoms with Crippen molar-refractivity contribution in [2.45, 2.75) is 38.1 Å². The molecule has 0 radical (unpaired) electrons. The Kier molecular flexibility index (Phi) is 2.71. The van der Waals surface area contributed by atoms with E-state index in [1.165, 1.54) is 37.8 Å². The average molecular weight is 257 g/mol. The van der Waals surface area contributed by atoms with Gasteiger partial charge in [0.15, 0.2) is 0 Å². The fourth-order valence-electron chi connectivity index (χ4n) is 5.10. The molecular formula is C17H23NO. The van der Waals surface area contributed by atoms with E-state index in [0.29, 0.717) is 6.04 Å². The van der Waals surface area contributed by atoms with Crippen LogP contribution in [0.2, 0.25) is 0 Å². The van der Waals surface area contributed by atoms with Crippen molar-refractivity contribution in [2.24, 2.45) is 23.7 Å². The number of para-hydroxylation sites is 2. The maximum Gasteiger partial charge on any atom is 0.141 e. The fourth-order valence-corrected chi connectivity index (χ4v) is 5.10. The second kappa shape index (κ2) is 4.43. The maximum atomic E-state index is 5.48. The summed E-state index contributed by atoms with van der Waals surface area (Å²) in [7, 11) is 1.76. The third-order valence-corrected chi connectivity index (χ3v) is 5.66. The van der Waals surface area contributed by atoms with Gasteiger partial charge in [0.1, 0.15) is 5.75 Å². The summed E-state index contributed by atoms with van der Waals surface area (Å²) < 4.78 is 5.48. The number of rotatable bonds is 3. The number of anilines is 1. The van der Waals surface area contributed by atoms with Crippen molar-refractivity contribution >= 4 is 5.69 Å². The first kappa shape index (κ1) is 11.6. The lowest BCUT2D eigenvalue weighted by atomic mass is 9.54. The van der Waals surface area contributed by atoms with Crippen molar-refractivity contribution in [1.29, 1.82) is 0 Å². The molecule has 4 saturated carbocycles. The number of methoxy groups -OCH3 is 1. The Labute approximate surface area is 115 Å². The van der Waals surface area contributed by atoms with Gasteiger partial charge in [-0.3, -0.25) is 0 Å². The highest BCUT2D eigenvalue weighted by Crippen LogP contribution is 2.54. The third kappa shape index (κ3) is 1.92. The Hall–Kier alpha value is -1.18. The summed E-state index contributed by atoms with van der Waals surface area (Å²) in [4.78, 5) is 0. The predicted molar refractivity (Wildman–Crippen MR) is 77.4 cm³/mol. The summed E-state index contributed by atoms with van der Waals surface area (Å²) in [6.45, 7) is 0. The van der Waals surface area contributed by atoms with Crippen LogP contribution in [0.25, 0.3) is 0 Å². The van der Waals surface area contributed by atoms with Crippen molar-refractivity contribution in [2.75, 3.05) is 12.4 Å². The molecule has 102 valence electrons. The van der Waals surface area contributed by atoms with E-state index >= 15 is 0 Å². The largest absolute Gasteiger partial charge is 0.495 e. The average Bonchev–Trinajstić information content (AvgIpc) is 2.42. The quantitative estimate of drug-likeness (QED) is 0.885. The lowest BCUT2D eigenvalue weighted by Gasteiger charge is -2.54. The molecule has 1 N–H and O–H groups in total. The van der Waals surface area contributed by atoms with Crippen LogP contribution in [0, 0.1) is 23.7 Å². The van der Waals surface area contributed by atoms with Crippen LogP contribution in [0.5, 0.6) is 5.75 Å². The number of hydrogen-bond acceptors (Lipinski definition) is 2. The maximum absolute atomic E-state index is 5.48. The molecule has 2 nitrogen and oxygen atoms in total. The molecule has 0 aromatic heterocycles. The van der Waals surface area contributed by atoms with Gasteiger partial charge in [-0.15, -0.1) is 0 Å². The first-order valence-corrected chi connectivity index (χ1v) is 7.73. The molecule has 0 amide bonds. The van der Waals surface area contributed by atoms with Gasteiger partial charge in [-0.2, -0.15) is 0 Å². The van der Waals surface area contributed by atoms with Gasteiger partial charge in [0.2, 0.25) is 0 Å². The topological polar surface area (TPSA) is 21.3 Å². The van der Waals surface area contributed by atoms with Gasteiger partial charge in [-0.1, -0.05) is 12.1 Å². The monoisotopic (exact) mass is 257 g/mol. The number of ether oxygens (including phenoxy) is 1. The summed E-state index contributed by atoms with van der Waals surface area (Å²) in [5, 5.41) is 3.82. The summed E-state index contributed by atoms with van der Waals surface area (Å²) in [6.07, 6.45) is 7.35. The van der Waals surface area contributed by atoms with E-state index in [0.717, 1.165) is 29.4 Å². The zero-order valence-corrected chi connectivity index (χ0v) is 11.6. The van der Waals surface area contributed by atoms with Crippen LogP contribution in [0.3, 0.4) is 0 Å². The van der Waals surface area contributed by atoms with Gasteiger partial charge >= 0.3 is 0 Å².